The maximum absolute atomic E-state index is 12.8. The van der Waals surface area contributed by atoms with Gasteiger partial charge in [-0.05, 0) is 26.3 Å². The van der Waals surface area contributed by atoms with Crippen LogP contribution >= 0.6 is 0 Å². The van der Waals surface area contributed by atoms with Gasteiger partial charge in [0, 0.05) is 6.42 Å². The van der Waals surface area contributed by atoms with Crippen LogP contribution in [0, 0.1) is 0 Å². The lowest BCUT2D eigenvalue weighted by atomic mass is 10.0. The Morgan fingerprint density at radius 1 is 0.871 bits per heavy atom. The summed E-state index contributed by atoms with van der Waals surface area (Å²) in [5.74, 6) is -3.73. The Labute approximate surface area is 180 Å². The molecule has 0 aliphatic heterocycles. The lowest BCUT2D eigenvalue weighted by Crippen LogP contribution is -2.60. The monoisotopic (exact) mass is 438 g/mol. The highest BCUT2D eigenvalue weighted by atomic mass is 16.4. The SMILES string of the molecule is CC(NC(=O)C(Cc1ccccc1)NC(=O)C(NC(=O)C(N)C(C)O)C(C)O)C(=O)O. The van der Waals surface area contributed by atoms with Crippen LogP contribution in [0.4, 0.5) is 0 Å². The summed E-state index contributed by atoms with van der Waals surface area (Å²) in [5, 5.41) is 35.4. The second kappa shape index (κ2) is 12.0. The van der Waals surface area contributed by atoms with Crippen molar-refractivity contribution in [3.05, 3.63) is 35.9 Å². The van der Waals surface area contributed by atoms with Crippen molar-refractivity contribution in [2.24, 2.45) is 5.73 Å². The van der Waals surface area contributed by atoms with Crippen molar-refractivity contribution in [2.45, 2.75) is 63.6 Å². The Bertz CT molecular complexity index is 770. The number of benzene rings is 1. The first-order valence-electron chi connectivity index (χ1n) is 9.73. The van der Waals surface area contributed by atoms with Gasteiger partial charge in [0.25, 0.3) is 0 Å². The molecule has 8 N–H and O–H groups in total. The number of amides is 3. The van der Waals surface area contributed by atoms with E-state index >= 15 is 0 Å². The minimum absolute atomic E-state index is 0.0401. The fourth-order valence-electron chi connectivity index (χ4n) is 2.57. The maximum Gasteiger partial charge on any atom is 0.325 e. The zero-order valence-corrected chi connectivity index (χ0v) is 17.6. The van der Waals surface area contributed by atoms with E-state index < -0.39 is 60.1 Å². The number of nitrogens with one attached hydrogen (secondary N) is 3. The molecule has 1 rings (SSSR count). The van der Waals surface area contributed by atoms with Crippen molar-refractivity contribution in [3.63, 3.8) is 0 Å². The number of carboxylic acids is 1. The smallest absolute Gasteiger partial charge is 0.325 e. The first-order valence-corrected chi connectivity index (χ1v) is 9.73. The molecule has 0 aromatic heterocycles. The molecule has 11 nitrogen and oxygen atoms in total. The third-order valence-corrected chi connectivity index (χ3v) is 4.53. The van der Waals surface area contributed by atoms with E-state index in [1.807, 2.05) is 0 Å². The lowest BCUT2D eigenvalue weighted by Gasteiger charge is -2.26. The highest BCUT2D eigenvalue weighted by Crippen LogP contribution is 2.06. The average molecular weight is 438 g/mol. The van der Waals surface area contributed by atoms with Gasteiger partial charge >= 0.3 is 5.97 Å². The third-order valence-electron chi connectivity index (χ3n) is 4.53. The number of aliphatic hydroxyl groups excluding tert-OH is 2. The normalized spacial score (nSPS) is 16.7. The molecule has 0 aliphatic rings. The molecule has 1 aromatic rings. The molecule has 6 atom stereocenters. The van der Waals surface area contributed by atoms with Crippen molar-refractivity contribution in [3.8, 4) is 0 Å². The Morgan fingerprint density at radius 2 is 1.45 bits per heavy atom. The molecule has 0 spiro atoms. The number of rotatable bonds is 11. The fourth-order valence-corrected chi connectivity index (χ4v) is 2.57. The standard InChI is InChI=1S/C20H30N4O7/c1-10(20(30)31)22-17(27)14(9-13-7-5-4-6-8-13)23-19(29)16(12(3)26)24-18(28)15(21)11(2)25/h4-8,10-12,14-16,25-26H,9,21H2,1-3H3,(H,22,27)(H,23,29)(H,24,28)(H,30,31). The van der Waals surface area contributed by atoms with Gasteiger partial charge in [-0.3, -0.25) is 19.2 Å². The molecule has 0 saturated heterocycles. The molecule has 0 radical (unpaired) electrons. The van der Waals surface area contributed by atoms with Gasteiger partial charge in [-0.25, -0.2) is 0 Å². The molecule has 3 amide bonds. The van der Waals surface area contributed by atoms with Gasteiger partial charge in [0.15, 0.2) is 0 Å². The van der Waals surface area contributed by atoms with Crippen molar-refractivity contribution < 1.29 is 34.5 Å². The maximum atomic E-state index is 12.8. The van der Waals surface area contributed by atoms with Crippen LogP contribution < -0.4 is 21.7 Å². The summed E-state index contributed by atoms with van der Waals surface area (Å²) in [6, 6.07) is 3.54. The summed E-state index contributed by atoms with van der Waals surface area (Å²) in [7, 11) is 0. The number of carbonyl (C=O) groups excluding carboxylic acids is 3. The van der Waals surface area contributed by atoms with Crippen LogP contribution in [-0.4, -0.2) is 75.4 Å². The number of carbonyl (C=O) groups is 4. The van der Waals surface area contributed by atoms with E-state index in [0.29, 0.717) is 5.56 Å². The highest BCUT2D eigenvalue weighted by Gasteiger charge is 2.32. The molecule has 0 saturated carbocycles. The van der Waals surface area contributed by atoms with Crippen molar-refractivity contribution in [2.75, 3.05) is 0 Å². The number of aliphatic hydroxyl groups is 2. The topological polar surface area (TPSA) is 191 Å². The Hall–Kier alpha value is -3.02. The molecular weight excluding hydrogens is 408 g/mol. The average Bonchev–Trinajstić information content (AvgIpc) is 2.70. The summed E-state index contributed by atoms with van der Waals surface area (Å²) >= 11 is 0. The van der Waals surface area contributed by atoms with E-state index in [1.54, 1.807) is 30.3 Å². The van der Waals surface area contributed by atoms with Crippen LogP contribution in [-0.2, 0) is 25.6 Å². The van der Waals surface area contributed by atoms with Crippen molar-refractivity contribution >= 4 is 23.7 Å². The van der Waals surface area contributed by atoms with Crippen LogP contribution in [0.3, 0.4) is 0 Å². The predicted molar refractivity (Wildman–Crippen MR) is 111 cm³/mol. The first-order chi connectivity index (χ1) is 14.4. The number of hydrogen-bond donors (Lipinski definition) is 7. The zero-order chi connectivity index (χ0) is 23.7. The van der Waals surface area contributed by atoms with Gasteiger partial charge in [-0.1, -0.05) is 30.3 Å². The second-order valence-corrected chi connectivity index (χ2v) is 7.31. The molecule has 0 aliphatic carbocycles. The molecule has 0 bridgehead atoms. The Kier molecular flexibility index (Phi) is 10.1. The minimum atomic E-state index is -1.46. The molecule has 0 heterocycles. The van der Waals surface area contributed by atoms with Crippen LogP contribution in [0.5, 0.6) is 0 Å². The second-order valence-electron chi connectivity index (χ2n) is 7.31. The van der Waals surface area contributed by atoms with E-state index in [9.17, 15) is 29.4 Å². The lowest BCUT2D eigenvalue weighted by molar-refractivity contribution is -0.142. The molecule has 11 heteroatoms. The van der Waals surface area contributed by atoms with Gasteiger partial charge in [0.2, 0.25) is 17.7 Å². The van der Waals surface area contributed by atoms with E-state index in [0.717, 1.165) is 0 Å². The highest BCUT2D eigenvalue weighted by molar-refractivity contribution is 5.94. The van der Waals surface area contributed by atoms with Gasteiger partial charge in [0.1, 0.15) is 24.2 Å². The summed E-state index contributed by atoms with van der Waals surface area (Å²) in [5.41, 5.74) is 6.24. The van der Waals surface area contributed by atoms with Crippen LogP contribution in [0.1, 0.15) is 26.3 Å². The van der Waals surface area contributed by atoms with E-state index in [1.165, 1.54) is 20.8 Å². The van der Waals surface area contributed by atoms with Gasteiger partial charge in [0.05, 0.1) is 12.2 Å². The predicted octanol–water partition coefficient (Wildman–Crippen LogP) is -2.12. The Morgan fingerprint density at radius 3 is 1.94 bits per heavy atom. The molecular formula is C20H30N4O7. The number of aliphatic carboxylic acids is 1. The minimum Gasteiger partial charge on any atom is -0.480 e. The first kappa shape index (κ1) is 26.0. The van der Waals surface area contributed by atoms with Crippen molar-refractivity contribution in [1.82, 2.24) is 16.0 Å². The Balaban J connectivity index is 3.02. The summed E-state index contributed by atoms with van der Waals surface area (Å²) in [6.07, 6.45) is -2.49. The van der Waals surface area contributed by atoms with E-state index in [-0.39, 0.29) is 6.42 Å². The molecule has 31 heavy (non-hydrogen) atoms. The quantitative estimate of drug-likeness (QED) is 0.204. The third kappa shape index (κ3) is 8.32. The van der Waals surface area contributed by atoms with E-state index in [2.05, 4.69) is 16.0 Å². The fraction of sp³-hybridized carbons (Fsp3) is 0.500. The molecule has 0 fully saturated rings. The summed E-state index contributed by atoms with van der Waals surface area (Å²) in [6.45, 7) is 3.83. The summed E-state index contributed by atoms with van der Waals surface area (Å²) in [4.78, 5) is 48.5. The van der Waals surface area contributed by atoms with E-state index in [4.69, 9.17) is 10.8 Å². The number of hydrogen-bond acceptors (Lipinski definition) is 7. The largest absolute Gasteiger partial charge is 0.480 e. The molecule has 6 unspecified atom stereocenters. The van der Waals surface area contributed by atoms with Crippen LogP contribution in [0.25, 0.3) is 0 Å². The van der Waals surface area contributed by atoms with Crippen molar-refractivity contribution in [1.29, 1.82) is 0 Å². The molecule has 172 valence electrons. The van der Waals surface area contributed by atoms with Gasteiger partial charge in [-0.15, -0.1) is 0 Å². The van der Waals surface area contributed by atoms with Crippen LogP contribution in [0.15, 0.2) is 30.3 Å². The number of nitrogens with two attached hydrogens (primary N) is 1. The van der Waals surface area contributed by atoms with Crippen LogP contribution in [0.2, 0.25) is 0 Å². The zero-order valence-electron chi connectivity index (χ0n) is 17.6. The number of carboxylic acid groups (broad SMARTS) is 1. The summed E-state index contributed by atoms with van der Waals surface area (Å²) < 4.78 is 0. The van der Waals surface area contributed by atoms with Gasteiger partial charge in [-0.2, -0.15) is 0 Å². The molecule has 1 aromatic carbocycles. The van der Waals surface area contributed by atoms with Gasteiger partial charge < -0.3 is 37.0 Å².